The molecule has 4 aromatic rings. The quantitative estimate of drug-likeness (QED) is 0.426. The molecule has 31 heavy (non-hydrogen) atoms. The number of Topliss-reactive ketones (excluding diaryl/α,β-unsaturated/α-hetero) is 1. The van der Waals surface area contributed by atoms with Crippen LogP contribution in [-0.2, 0) is 7.05 Å². The molecule has 0 radical (unpaired) electrons. The van der Waals surface area contributed by atoms with Gasteiger partial charge < -0.3 is 0 Å². The maximum Gasteiger partial charge on any atom is 0.334 e. The van der Waals surface area contributed by atoms with E-state index in [2.05, 4.69) is 4.98 Å². The highest BCUT2D eigenvalue weighted by atomic mass is 16.2. The standard InChI is InChI=1S/C25H26N4O2/c1-5-6-11-20(30)21-22-24(27-23(26-21)18-14-12-16(2)13-15-18)29(25(31)28(22)4)19-10-8-7-9-17(19)3/h7-10,12-15H,5-6,11H2,1-4H3. The van der Waals surface area contributed by atoms with Gasteiger partial charge in [-0.2, -0.15) is 0 Å². The molecule has 0 N–H and O–H groups in total. The topological polar surface area (TPSA) is 69.8 Å². The Labute approximate surface area is 181 Å². The lowest BCUT2D eigenvalue weighted by Gasteiger charge is -2.09. The molecule has 2 heterocycles. The lowest BCUT2D eigenvalue weighted by Crippen LogP contribution is -2.21. The highest BCUT2D eigenvalue weighted by Crippen LogP contribution is 2.25. The molecular formula is C25H26N4O2. The summed E-state index contributed by atoms with van der Waals surface area (Å²) in [6.07, 6.45) is 2.07. The fourth-order valence-corrected chi connectivity index (χ4v) is 3.76. The molecule has 4 rings (SSSR count). The van der Waals surface area contributed by atoms with Crippen LogP contribution in [0, 0.1) is 13.8 Å². The molecule has 0 spiro atoms. The number of unbranched alkanes of at least 4 members (excludes halogenated alkanes) is 1. The summed E-state index contributed by atoms with van der Waals surface area (Å²) in [5.41, 5.74) is 4.62. The summed E-state index contributed by atoms with van der Waals surface area (Å²) in [6, 6.07) is 15.5. The van der Waals surface area contributed by atoms with Gasteiger partial charge in [0.15, 0.2) is 17.3 Å². The van der Waals surface area contributed by atoms with Crippen molar-refractivity contribution in [3.05, 3.63) is 75.8 Å². The molecule has 0 aliphatic heterocycles. The molecule has 0 saturated heterocycles. The Bertz CT molecular complexity index is 1330. The summed E-state index contributed by atoms with van der Waals surface area (Å²) < 4.78 is 3.07. The van der Waals surface area contributed by atoms with Gasteiger partial charge in [-0.1, -0.05) is 61.4 Å². The summed E-state index contributed by atoms with van der Waals surface area (Å²) in [6.45, 7) is 6.02. The molecule has 0 aliphatic rings. The molecule has 0 amide bonds. The lowest BCUT2D eigenvalue weighted by molar-refractivity contribution is 0.0976. The third-order valence-corrected chi connectivity index (χ3v) is 5.58. The van der Waals surface area contributed by atoms with Crippen molar-refractivity contribution in [3.63, 3.8) is 0 Å². The van der Waals surface area contributed by atoms with Gasteiger partial charge in [-0.15, -0.1) is 0 Å². The summed E-state index contributed by atoms with van der Waals surface area (Å²) >= 11 is 0. The number of hydrogen-bond donors (Lipinski definition) is 0. The van der Waals surface area contributed by atoms with Gasteiger partial charge in [0, 0.05) is 19.0 Å². The zero-order chi connectivity index (χ0) is 22.1. The van der Waals surface area contributed by atoms with E-state index in [1.807, 2.05) is 69.3 Å². The molecule has 0 bridgehead atoms. The molecule has 0 saturated carbocycles. The van der Waals surface area contributed by atoms with Crippen LogP contribution in [0.4, 0.5) is 0 Å². The Morgan fingerprint density at radius 3 is 2.39 bits per heavy atom. The van der Waals surface area contributed by atoms with Crippen LogP contribution in [0.3, 0.4) is 0 Å². The van der Waals surface area contributed by atoms with Crippen molar-refractivity contribution in [2.24, 2.45) is 7.05 Å². The zero-order valence-corrected chi connectivity index (χ0v) is 18.3. The van der Waals surface area contributed by atoms with E-state index in [0.717, 1.165) is 35.2 Å². The first-order valence-electron chi connectivity index (χ1n) is 10.6. The molecule has 0 aliphatic carbocycles. The van der Waals surface area contributed by atoms with E-state index in [1.54, 1.807) is 11.6 Å². The Morgan fingerprint density at radius 2 is 1.71 bits per heavy atom. The Morgan fingerprint density at radius 1 is 1.00 bits per heavy atom. The van der Waals surface area contributed by atoms with E-state index in [4.69, 9.17) is 4.98 Å². The Kier molecular flexibility index (Phi) is 5.55. The fourth-order valence-electron chi connectivity index (χ4n) is 3.76. The van der Waals surface area contributed by atoms with Gasteiger partial charge in [-0.05, 0) is 31.9 Å². The Hall–Kier alpha value is -3.54. The van der Waals surface area contributed by atoms with Crippen molar-refractivity contribution in [2.75, 3.05) is 0 Å². The largest absolute Gasteiger partial charge is 0.334 e. The van der Waals surface area contributed by atoms with Crippen molar-refractivity contribution < 1.29 is 4.79 Å². The molecule has 0 fully saturated rings. The first-order valence-corrected chi connectivity index (χ1v) is 10.6. The minimum atomic E-state index is -0.246. The van der Waals surface area contributed by atoms with E-state index in [1.165, 1.54) is 4.57 Å². The highest BCUT2D eigenvalue weighted by molar-refractivity contribution is 6.04. The monoisotopic (exact) mass is 414 g/mol. The van der Waals surface area contributed by atoms with Gasteiger partial charge in [0.25, 0.3) is 0 Å². The smallest absolute Gasteiger partial charge is 0.292 e. The predicted molar refractivity (Wildman–Crippen MR) is 123 cm³/mol. The molecule has 6 heteroatoms. The number of ketones is 1. The number of imidazole rings is 1. The van der Waals surface area contributed by atoms with Crippen LogP contribution in [0.2, 0.25) is 0 Å². The van der Waals surface area contributed by atoms with Gasteiger partial charge in [0.05, 0.1) is 5.69 Å². The van der Waals surface area contributed by atoms with Crippen molar-refractivity contribution in [1.82, 2.24) is 19.1 Å². The fraction of sp³-hybridized carbons (Fsp3) is 0.280. The second-order valence-electron chi connectivity index (χ2n) is 7.92. The van der Waals surface area contributed by atoms with Gasteiger partial charge in [0.2, 0.25) is 0 Å². The van der Waals surface area contributed by atoms with Gasteiger partial charge >= 0.3 is 5.69 Å². The minimum Gasteiger partial charge on any atom is -0.292 e. The summed E-state index contributed by atoms with van der Waals surface area (Å²) in [4.78, 5) is 35.8. The van der Waals surface area contributed by atoms with Crippen LogP contribution in [-0.4, -0.2) is 24.9 Å². The van der Waals surface area contributed by atoms with Crippen molar-refractivity contribution >= 4 is 16.9 Å². The maximum absolute atomic E-state index is 13.3. The van der Waals surface area contributed by atoms with E-state index < -0.39 is 0 Å². The lowest BCUT2D eigenvalue weighted by atomic mass is 10.1. The van der Waals surface area contributed by atoms with Gasteiger partial charge in [0.1, 0.15) is 11.2 Å². The van der Waals surface area contributed by atoms with Gasteiger partial charge in [-0.3, -0.25) is 9.36 Å². The van der Waals surface area contributed by atoms with Crippen LogP contribution in [0.25, 0.3) is 28.2 Å². The third kappa shape index (κ3) is 3.69. The second kappa shape index (κ2) is 8.30. The van der Waals surface area contributed by atoms with Gasteiger partial charge in [-0.25, -0.2) is 19.3 Å². The summed E-state index contributed by atoms with van der Waals surface area (Å²) in [5, 5.41) is 0. The molecule has 0 unspecified atom stereocenters. The zero-order valence-electron chi connectivity index (χ0n) is 18.3. The molecule has 2 aromatic carbocycles. The molecule has 158 valence electrons. The number of carbonyl (C=O) groups is 1. The van der Waals surface area contributed by atoms with Crippen molar-refractivity contribution in [2.45, 2.75) is 40.0 Å². The molecular weight excluding hydrogens is 388 g/mol. The van der Waals surface area contributed by atoms with E-state index in [0.29, 0.717) is 29.1 Å². The summed E-state index contributed by atoms with van der Waals surface area (Å²) in [7, 11) is 1.67. The average molecular weight is 415 g/mol. The number of para-hydroxylation sites is 1. The number of carbonyl (C=O) groups excluding carboxylic acids is 1. The minimum absolute atomic E-state index is 0.0693. The van der Waals surface area contributed by atoms with Crippen LogP contribution >= 0.6 is 0 Å². The Balaban J connectivity index is 2.07. The second-order valence-corrected chi connectivity index (χ2v) is 7.92. The number of aromatic nitrogens is 4. The average Bonchev–Trinajstić information content (AvgIpc) is 3.02. The normalized spacial score (nSPS) is 11.2. The predicted octanol–water partition coefficient (Wildman–Crippen LogP) is 4.78. The SMILES string of the molecule is CCCCC(=O)c1nc(-c2ccc(C)cc2)nc2c1n(C)c(=O)n2-c1ccccc1C. The van der Waals surface area contributed by atoms with E-state index in [-0.39, 0.29) is 11.5 Å². The number of nitrogens with zero attached hydrogens (tertiary/aromatic N) is 4. The summed E-state index contributed by atoms with van der Waals surface area (Å²) in [5.74, 6) is 0.375. The number of hydrogen-bond acceptors (Lipinski definition) is 4. The number of fused-ring (bicyclic) bond motifs is 1. The van der Waals surface area contributed by atoms with Crippen LogP contribution in [0.15, 0.2) is 53.3 Å². The third-order valence-electron chi connectivity index (χ3n) is 5.58. The number of aryl methyl sites for hydroxylation is 3. The van der Waals surface area contributed by atoms with Crippen LogP contribution in [0.1, 0.15) is 47.8 Å². The maximum atomic E-state index is 13.3. The highest BCUT2D eigenvalue weighted by Gasteiger charge is 2.24. The first-order chi connectivity index (χ1) is 14.9. The van der Waals surface area contributed by atoms with Crippen LogP contribution < -0.4 is 5.69 Å². The van der Waals surface area contributed by atoms with E-state index in [9.17, 15) is 9.59 Å². The van der Waals surface area contributed by atoms with Crippen molar-refractivity contribution in [3.8, 4) is 17.1 Å². The van der Waals surface area contributed by atoms with Crippen LogP contribution in [0.5, 0.6) is 0 Å². The van der Waals surface area contributed by atoms with E-state index >= 15 is 0 Å². The first kappa shape index (κ1) is 20.7. The van der Waals surface area contributed by atoms with Crippen molar-refractivity contribution in [1.29, 1.82) is 0 Å². The molecule has 2 aromatic heterocycles. The molecule has 0 atom stereocenters. The number of rotatable bonds is 6. The number of benzene rings is 2. The molecule has 6 nitrogen and oxygen atoms in total.